The Morgan fingerprint density at radius 2 is 2.28 bits per heavy atom. The first kappa shape index (κ1) is 12.0. The molecule has 1 heterocycles. The summed E-state index contributed by atoms with van der Waals surface area (Å²) < 4.78 is 3.24. The van der Waals surface area contributed by atoms with Crippen molar-refractivity contribution in [2.75, 3.05) is 0 Å². The molecule has 3 rings (SSSR count). The Balaban J connectivity index is 1.99. The van der Waals surface area contributed by atoms with E-state index in [0.717, 1.165) is 30.2 Å². The number of Topliss-reactive ketones (excluding diaryl/α,β-unsaturated/α-hetero) is 1. The molecule has 1 aliphatic rings. The van der Waals surface area contributed by atoms with Crippen LogP contribution in [0.1, 0.15) is 24.8 Å². The minimum Gasteiger partial charge on any atom is -0.350 e. The van der Waals surface area contributed by atoms with Gasteiger partial charge in [-0.2, -0.15) is 0 Å². The van der Waals surface area contributed by atoms with Gasteiger partial charge in [-0.25, -0.2) is 0 Å². The first-order chi connectivity index (χ1) is 8.65. The van der Waals surface area contributed by atoms with E-state index in [1.54, 1.807) is 0 Å². The molecule has 1 atom stereocenters. The molecule has 0 spiro atoms. The van der Waals surface area contributed by atoms with Crippen LogP contribution in [-0.2, 0) is 18.3 Å². The number of halogens is 1. The van der Waals surface area contributed by atoms with Crippen LogP contribution in [0.2, 0.25) is 0 Å². The zero-order valence-electron chi connectivity index (χ0n) is 10.4. The lowest BCUT2D eigenvalue weighted by Gasteiger charge is -2.06. The largest absolute Gasteiger partial charge is 0.350 e. The van der Waals surface area contributed by atoms with Gasteiger partial charge in [-0.15, -0.1) is 0 Å². The number of carbonyl (C=O) groups excluding carboxylic acids is 1. The Morgan fingerprint density at radius 3 is 3.00 bits per heavy atom. The fourth-order valence-corrected chi connectivity index (χ4v) is 3.32. The van der Waals surface area contributed by atoms with Crippen molar-refractivity contribution in [3.05, 3.63) is 34.4 Å². The zero-order valence-corrected chi connectivity index (χ0v) is 12.0. The minimum atomic E-state index is 0.249. The summed E-state index contributed by atoms with van der Waals surface area (Å²) >= 11 is 3.51. The van der Waals surface area contributed by atoms with Crippen LogP contribution >= 0.6 is 15.9 Å². The fourth-order valence-electron chi connectivity index (χ4n) is 2.97. The maximum absolute atomic E-state index is 11.8. The van der Waals surface area contributed by atoms with E-state index in [1.165, 1.54) is 16.5 Å². The van der Waals surface area contributed by atoms with Crippen molar-refractivity contribution >= 4 is 32.6 Å². The van der Waals surface area contributed by atoms with Crippen LogP contribution in [0.3, 0.4) is 0 Å². The van der Waals surface area contributed by atoms with Crippen LogP contribution in [0.15, 0.2) is 28.9 Å². The Labute approximate surface area is 115 Å². The highest BCUT2D eigenvalue weighted by molar-refractivity contribution is 9.10. The van der Waals surface area contributed by atoms with Gasteiger partial charge in [0.15, 0.2) is 0 Å². The van der Waals surface area contributed by atoms with Crippen molar-refractivity contribution in [2.24, 2.45) is 13.0 Å². The molecule has 0 N–H and O–H groups in total. The van der Waals surface area contributed by atoms with Gasteiger partial charge >= 0.3 is 0 Å². The van der Waals surface area contributed by atoms with Crippen LogP contribution in [0.5, 0.6) is 0 Å². The van der Waals surface area contributed by atoms with E-state index >= 15 is 0 Å². The normalized spacial score (nSPS) is 19.9. The van der Waals surface area contributed by atoms with Crippen LogP contribution in [0.4, 0.5) is 0 Å². The van der Waals surface area contributed by atoms with Crippen molar-refractivity contribution in [3.63, 3.8) is 0 Å². The topological polar surface area (TPSA) is 22.0 Å². The zero-order chi connectivity index (χ0) is 12.7. The maximum Gasteiger partial charge on any atom is 0.136 e. The highest BCUT2D eigenvalue weighted by Crippen LogP contribution is 2.30. The summed E-state index contributed by atoms with van der Waals surface area (Å²) in [5, 5.41) is 1.28. The first-order valence-electron chi connectivity index (χ1n) is 6.41. The standard InChI is InChI=1S/C15H16BrNO/c1-17-9-11(7-10-3-2-4-15(10)18)13-6-5-12(16)8-14(13)17/h5-6,8-10H,2-4,7H2,1H3. The summed E-state index contributed by atoms with van der Waals surface area (Å²) in [6, 6.07) is 6.35. The van der Waals surface area contributed by atoms with Gasteiger partial charge in [0, 0.05) is 41.0 Å². The number of aryl methyl sites for hydroxylation is 1. The van der Waals surface area contributed by atoms with Crippen LogP contribution < -0.4 is 0 Å². The second kappa shape index (κ2) is 4.54. The molecule has 2 aromatic rings. The smallest absolute Gasteiger partial charge is 0.136 e. The van der Waals surface area contributed by atoms with Gasteiger partial charge in [0.25, 0.3) is 0 Å². The Kier molecular flexibility index (Phi) is 3.02. The van der Waals surface area contributed by atoms with Gasteiger partial charge in [-0.1, -0.05) is 22.0 Å². The van der Waals surface area contributed by atoms with Gasteiger partial charge < -0.3 is 4.57 Å². The molecule has 0 radical (unpaired) electrons. The molecule has 1 fully saturated rings. The maximum atomic E-state index is 11.8. The van der Waals surface area contributed by atoms with Gasteiger partial charge in [0.2, 0.25) is 0 Å². The summed E-state index contributed by atoms with van der Waals surface area (Å²) in [5.74, 6) is 0.698. The van der Waals surface area contributed by atoms with Crippen LogP contribution in [0, 0.1) is 5.92 Å². The number of aromatic nitrogens is 1. The molecule has 1 unspecified atom stereocenters. The van der Waals surface area contributed by atoms with Crippen molar-refractivity contribution in [1.82, 2.24) is 4.57 Å². The number of hydrogen-bond acceptors (Lipinski definition) is 1. The fraction of sp³-hybridized carbons (Fsp3) is 0.400. The number of nitrogens with zero attached hydrogens (tertiary/aromatic N) is 1. The van der Waals surface area contributed by atoms with E-state index < -0.39 is 0 Å². The average Bonchev–Trinajstić information content (AvgIpc) is 2.86. The number of rotatable bonds is 2. The lowest BCUT2D eigenvalue weighted by molar-refractivity contribution is -0.120. The highest BCUT2D eigenvalue weighted by atomic mass is 79.9. The SMILES string of the molecule is Cn1cc(CC2CCCC2=O)c2ccc(Br)cc21. The average molecular weight is 306 g/mol. The third-order valence-corrected chi connectivity index (χ3v) is 4.43. The molecule has 1 saturated carbocycles. The molecule has 0 bridgehead atoms. The van der Waals surface area contributed by atoms with Gasteiger partial charge in [-0.05, 0) is 37.0 Å². The van der Waals surface area contributed by atoms with E-state index in [-0.39, 0.29) is 5.92 Å². The summed E-state index contributed by atoms with van der Waals surface area (Å²) in [5.41, 5.74) is 2.53. The van der Waals surface area contributed by atoms with E-state index in [9.17, 15) is 4.79 Å². The second-order valence-electron chi connectivity index (χ2n) is 5.19. The molecule has 0 amide bonds. The van der Waals surface area contributed by atoms with E-state index in [4.69, 9.17) is 0 Å². The molecule has 0 aliphatic heterocycles. The summed E-state index contributed by atoms with van der Waals surface area (Å²) in [6.45, 7) is 0. The monoisotopic (exact) mass is 305 g/mol. The molecule has 0 saturated heterocycles. The van der Waals surface area contributed by atoms with E-state index in [2.05, 4.69) is 51.9 Å². The molecule has 1 aliphatic carbocycles. The summed E-state index contributed by atoms with van der Waals surface area (Å²) in [7, 11) is 2.06. The van der Waals surface area contributed by atoms with Crippen molar-refractivity contribution in [1.29, 1.82) is 0 Å². The van der Waals surface area contributed by atoms with E-state index in [0.29, 0.717) is 5.78 Å². The number of ketones is 1. The third-order valence-electron chi connectivity index (χ3n) is 3.93. The molecule has 1 aromatic heterocycles. The molecular formula is C15H16BrNO. The van der Waals surface area contributed by atoms with Gasteiger partial charge in [0.1, 0.15) is 5.78 Å². The minimum absolute atomic E-state index is 0.249. The quantitative estimate of drug-likeness (QED) is 0.826. The molecule has 94 valence electrons. The lowest BCUT2D eigenvalue weighted by Crippen LogP contribution is -2.09. The summed E-state index contributed by atoms with van der Waals surface area (Å²) in [6.07, 6.45) is 5.98. The van der Waals surface area contributed by atoms with Crippen molar-refractivity contribution in [3.8, 4) is 0 Å². The highest BCUT2D eigenvalue weighted by Gasteiger charge is 2.25. The molecule has 18 heavy (non-hydrogen) atoms. The van der Waals surface area contributed by atoms with Gasteiger partial charge in [0.05, 0.1) is 0 Å². The summed E-state index contributed by atoms with van der Waals surface area (Å²) in [4.78, 5) is 11.8. The predicted molar refractivity (Wildman–Crippen MR) is 76.7 cm³/mol. The number of fused-ring (bicyclic) bond motifs is 1. The Hall–Kier alpha value is -1.09. The van der Waals surface area contributed by atoms with E-state index in [1.807, 2.05) is 0 Å². The number of benzene rings is 1. The Bertz CT molecular complexity index is 614. The molecule has 3 heteroatoms. The molecular weight excluding hydrogens is 290 g/mol. The Morgan fingerprint density at radius 1 is 1.44 bits per heavy atom. The second-order valence-corrected chi connectivity index (χ2v) is 6.10. The van der Waals surface area contributed by atoms with Crippen LogP contribution in [0.25, 0.3) is 10.9 Å². The third kappa shape index (κ3) is 2.01. The lowest BCUT2D eigenvalue weighted by atomic mass is 9.97. The number of carbonyl (C=O) groups is 1. The predicted octanol–water partition coefficient (Wildman–Crippen LogP) is 3.85. The molecule has 2 nitrogen and oxygen atoms in total. The van der Waals surface area contributed by atoms with Crippen molar-refractivity contribution < 1.29 is 4.79 Å². The van der Waals surface area contributed by atoms with Crippen molar-refractivity contribution in [2.45, 2.75) is 25.7 Å². The first-order valence-corrected chi connectivity index (χ1v) is 7.20. The molecule has 1 aromatic carbocycles. The van der Waals surface area contributed by atoms with Gasteiger partial charge in [-0.3, -0.25) is 4.79 Å². The number of hydrogen-bond donors (Lipinski definition) is 0. The van der Waals surface area contributed by atoms with Crippen LogP contribution in [-0.4, -0.2) is 10.4 Å².